The van der Waals surface area contributed by atoms with Crippen molar-refractivity contribution in [1.29, 1.82) is 0 Å². The fourth-order valence-electron chi connectivity index (χ4n) is 0. The van der Waals surface area contributed by atoms with E-state index in [0.29, 0.717) is 0 Å². The van der Waals surface area contributed by atoms with Crippen LogP contribution in [-0.2, 0) is 0 Å². The fraction of sp³-hybridized carbons (Fsp3) is 0. The molecule has 0 saturated heterocycles. The van der Waals surface area contributed by atoms with Crippen LogP contribution in [0, 0.1) is 0 Å². The molecule has 0 rings (SSSR count). The molecule has 0 aliphatic heterocycles. The van der Waals surface area contributed by atoms with Gasteiger partial charge in [0.1, 0.15) is 0 Å². The summed E-state index contributed by atoms with van der Waals surface area (Å²) in [6, 6.07) is 0. The van der Waals surface area contributed by atoms with E-state index < -0.39 is 0 Å². The van der Waals surface area contributed by atoms with Gasteiger partial charge in [0.25, 0.3) is 0 Å². The molecule has 0 bridgehead atoms. The smallest absolute Gasteiger partial charge is 0 e. The second-order valence-corrected chi connectivity index (χ2v) is 0. The summed E-state index contributed by atoms with van der Waals surface area (Å²) < 4.78 is 0. The van der Waals surface area contributed by atoms with Crippen LogP contribution in [0.25, 0.3) is 0 Å². The molecule has 4 heteroatoms. The van der Waals surface area contributed by atoms with Gasteiger partial charge in [-0.25, -0.2) is 0 Å². The molecule has 0 unspecified atom stereocenters. The maximum absolute atomic E-state index is 0. The summed E-state index contributed by atoms with van der Waals surface area (Å²) in [5.74, 6) is 0. The molecule has 0 N–H and O–H groups in total. The summed E-state index contributed by atoms with van der Waals surface area (Å²) in [7, 11) is 0. The SMILES string of the molecule is [Al].[Al].[Al].[Li]. The Morgan fingerprint density at radius 1 is 0.500 bits per heavy atom. The maximum Gasteiger partial charge on any atom is 0 e. The second kappa shape index (κ2) is 19.0. The summed E-state index contributed by atoms with van der Waals surface area (Å²) in [4.78, 5) is 0. The van der Waals surface area contributed by atoms with E-state index in [1.54, 1.807) is 0 Å². The van der Waals surface area contributed by atoms with E-state index in [1.807, 2.05) is 0 Å². The third kappa shape index (κ3) is 8.89. The van der Waals surface area contributed by atoms with E-state index in [4.69, 9.17) is 0 Å². The zero-order valence-corrected chi connectivity index (χ0v) is 6.20. The summed E-state index contributed by atoms with van der Waals surface area (Å²) >= 11 is 0. The second-order valence-electron chi connectivity index (χ2n) is 0. The van der Waals surface area contributed by atoms with Crippen LogP contribution in [0.2, 0.25) is 0 Å². The first kappa shape index (κ1) is 34.7. The van der Waals surface area contributed by atoms with Crippen molar-refractivity contribution in [3.05, 3.63) is 0 Å². The van der Waals surface area contributed by atoms with Crippen LogP contribution < -0.4 is 0 Å². The molecule has 0 aromatic heterocycles. The summed E-state index contributed by atoms with van der Waals surface area (Å²) in [6.45, 7) is 0. The first-order valence-electron chi connectivity index (χ1n) is 0. The molecule has 0 aromatic carbocycles. The van der Waals surface area contributed by atoms with Crippen molar-refractivity contribution in [2.45, 2.75) is 0 Å². The Balaban J connectivity index is 0. The Bertz CT molecular complexity index is 3.25. The van der Waals surface area contributed by atoms with E-state index in [1.165, 1.54) is 0 Å². The van der Waals surface area contributed by atoms with Gasteiger partial charge < -0.3 is 0 Å². The molecule has 10 radical (unpaired) electrons. The zero-order valence-electron chi connectivity index (χ0n) is 2.73. The van der Waals surface area contributed by atoms with Gasteiger partial charge in [-0.1, -0.05) is 0 Å². The van der Waals surface area contributed by atoms with Gasteiger partial charge >= 0.3 is 0 Å². The Morgan fingerprint density at radius 2 is 0.500 bits per heavy atom. The van der Waals surface area contributed by atoms with Gasteiger partial charge in [-0.15, -0.1) is 0 Å². The quantitative estimate of drug-likeness (QED) is 0.315. The molecule has 0 saturated carbocycles. The molecule has 0 nitrogen and oxygen atoms in total. The molecule has 10 valence electrons. The minimum Gasteiger partial charge on any atom is 0 e. The third-order valence-corrected chi connectivity index (χ3v) is 0. The summed E-state index contributed by atoms with van der Waals surface area (Å²) in [5.41, 5.74) is 0. The fourth-order valence-corrected chi connectivity index (χ4v) is 0. The van der Waals surface area contributed by atoms with E-state index in [-0.39, 0.29) is 70.9 Å². The first-order valence-corrected chi connectivity index (χ1v) is 0. The average molecular weight is 87.9 g/mol. The topological polar surface area (TPSA) is 0 Å². The van der Waals surface area contributed by atoms with Crippen LogP contribution in [0.1, 0.15) is 0 Å². The summed E-state index contributed by atoms with van der Waals surface area (Å²) in [6.07, 6.45) is 0. The van der Waals surface area contributed by atoms with Crippen molar-refractivity contribution in [2.75, 3.05) is 0 Å². The number of rotatable bonds is 0. The van der Waals surface area contributed by atoms with Crippen molar-refractivity contribution < 1.29 is 0 Å². The maximum atomic E-state index is 0. The van der Waals surface area contributed by atoms with E-state index >= 15 is 0 Å². The molecule has 4 heavy (non-hydrogen) atoms. The molecule has 0 heterocycles. The molecule has 0 spiro atoms. The van der Waals surface area contributed by atoms with Gasteiger partial charge in [-0.05, 0) is 0 Å². The largest absolute Gasteiger partial charge is 0 e. The van der Waals surface area contributed by atoms with Crippen molar-refractivity contribution in [3.8, 4) is 0 Å². The van der Waals surface area contributed by atoms with Crippen molar-refractivity contribution >= 4 is 70.9 Å². The van der Waals surface area contributed by atoms with Crippen LogP contribution in [0.4, 0.5) is 0 Å². The summed E-state index contributed by atoms with van der Waals surface area (Å²) in [5, 5.41) is 0. The standard InChI is InChI=1S/3Al.Li. The van der Waals surface area contributed by atoms with Crippen LogP contribution in [0.15, 0.2) is 0 Å². The first-order chi connectivity index (χ1) is 0. The molecular weight excluding hydrogens is 87.9 g/mol. The van der Waals surface area contributed by atoms with Gasteiger partial charge in [0.15, 0.2) is 0 Å². The number of hydrogen-bond donors (Lipinski definition) is 0. The van der Waals surface area contributed by atoms with Gasteiger partial charge in [0, 0.05) is 70.9 Å². The van der Waals surface area contributed by atoms with Gasteiger partial charge in [-0.2, -0.15) is 0 Å². The van der Waals surface area contributed by atoms with E-state index in [0.717, 1.165) is 0 Å². The predicted molar refractivity (Wildman–Crippen MR) is 23.0 cm³/mol. The molecule has 0 aromatic rings. The van der Waals surface area contributed by atoms with Crippen molar-refractivity contribution in [2.24, 2.45) is 0 Å². The molecule has 0 aliphatic rings. The molecule has 0 amide bonds. The van der Waals surface area contributed by atoms with Crippen LogP contribution >= 0.6 is 0 Å². The van der Waals surface area contributed by atoms with Gasteiger partial charge in [0.2, 0.25) is 0 Å². The normalized spacial score (nSPS) is 0. The van der Waals surface area contributed by atoms with Crippen molar-refractivity contribution in [1.82, 2.24) is 0 Å². The Morgan fingerprint density at radius 3 is 0.500 bits per heavy atom. The van der Waals surface area contributed by atoms with Crippen LogP contribution in [0.5, 0.6) is 0 Å². The minimum absolute atomic E-state index is 0. The zero-order chi connectivity index (χ0) is 0. The molecule has 0 fully saturated rings. The van der Waals surface area contributed by atoms with Gasteiger partial charge in [0.05, 0.1) is 0 Å². The molecule has 0 aliphatic carbocycles. The third-order valence-electron chi connectivity index (χ3n) is 0. The van der Waals surface area contributed by atoms with Crippen LogP contribution in [0.3, 0.4) is 0 Å². The number of hydrogen-bond acceptors (Lipinski definition) is 0. The minimum atomic E-state index is 0. The van der Waals surface area contributed by atoms with Crippen molar-refractivity contribution in [3.63, 3.8) is 0 Å². The van der Waals surface area contributed by atoms with Gasteiger partial charge in [-0.3, -0.25) is 0 Å². The Hall–Kier alpha value is 2.19. The van der Waals surface area contributed by atoms with E-state index in [9.17, 15) is 0 Å². The Labute approximate surface area is 70.3 Å². The molecule has 0 atom stereocenters. The van der Waals surface area contributed by atoms with Crippen LogP contribution in [-0.4, -0.2) is 70.9 Å². The predicted octanol–water partition coefficient (Wildman–Crippen LogP) is -1.52. The average Bonchev–Trinajstić information content (AvgIpc) is 0. The van der Waals surface area contributed by atoms with E-state index in [2.05, 4.69) is 0 Å². The molecular formula is Al3Li. The Kier molecular flexibility index (Phi) is 165. The monoisotopic (exact) mass is 88.0 g/mol.